The molecule has 4 aromatic rings. The molecule has 0 bridgehead atoms. The first-order chi connectivity index (χ1) is 11.6. The summed E-state index contributed by atoms with van der Waals surface area (Å²) >= 11 is 1.37. The standard InChI is InChI=1S/C17H13BN4OS/c1-21(2)12-7-8-19-16-13(12)14-15(24-16)17(23)22(9-20-14)11-5-3-10(18)4-6-11/h3-9H,1-2H3. The van der Waals surface area contributed by atoms with Crippen molar-refractivity contribution in [3.63, 3.8) is 0 Å². The van der Waals surface area contributed by atoms with Crippen LogP contribution in [0.5, 0.6) is 0 Å². The van der Waals surface area contributed by atoms with Gasteiger partial charge in [0.2, 0.25) is 0 Å². The number of aromatic nitrogens is 3. The molecule has 3 heterocycles. The zero-order valence-electron chi connectivity index (χ0n) is 13.2. The largest absolute Gasteiger partial charge is 0.377 e. The molecule has 4 rings (SSSR count). The van der Waals surface area contributed by atoms with Crippen LogP contribution in [0.25, 0.3) is 26.1 Å². The van der Waals surface area contributed by atoms with Crippen LogP contribution in [-0.4, -0.2) is 36.5 Å². The number of rotatable bonds is 2. The summed E-state index contributed by atoms with van der Waals surface area (Å²) in [5.41, 5.74) is 2.99. The summed E-state index contributed by atoms with van der Waals surface area (Å²) in [6.07, 6.45) is 3.32. The van der Waals surface area contributed by atoms with Crippen molar-refractivity contribution in [1.82, 2.24) is 14.5 Å². The number of pyridine rings is 1. The minimum Gasteiger partial charge on any atom is -0.377 e. The first kappa shape index (κ1) is 14.9. The van der Waals surface area contributed by atoms with Crippen LogP contribution >= 0.6 is 11.3 Å². The van der Waals surface area contributed by atoms with Crippen LogP contribution in [0, 0.1) is 0 Å². The van der Waals surface area contributed by atoms with E-state index in [0.717, 1.165) is 21.6 Å². The maximum atomic E-state index is 12.9. The molecule has 24 heavy (non-hydrogen) atoms. The number of hydrogen-bond acceptors (Lipinski definition) is 5. The van der Waals surface area contributed by atoms with Crippen LogP contribution in [0.4, 0.5) is 5.69 Å². The molecule has 0 aliphatic rings. The van der Waals surface area contributed by atoms with E-state index in [4.69, 9.17) is 7.85 Å². The summed E-state index contributed by atoms with van der Waals surface area (Å²) in [5.74, 6) is 0. The SMILES string of the molecule is [B]c1ccc(-n2cnc3c(sc4nccc(N(C)C)c43)c2=O)cc1. The Hall–Kier alpha value is -2.67. The zero-order valence-corrected chi connectivity index (χ0v) is 14.0. The lowest BCUT2D eigenvalue weighted by molar-refractivity contribution is 0.968. The minimum absolute atomic E-state index is 0.0996. The molecule has 116 valence electrons. The second-order valence-corrected chi connectivity index (χ2v) is 6.69. The van der Waals surface area contributed by atoms with Gasteiger partial charge in [0.1, 0.15) is 23.7 Å². The average molecular weight is 332 g/mol. The molecule has 0 saturated carbocycles. The van der Waals surface area contributed by atoms with E-state index < -0.39 is 0 Å². The van der Waals surface area contributed by atoms with Crippen molar-refractivity contribution in [3.05, 3.63) is 53.2 Å². The third-order valence-electron chi connectivity index (χ3n) is 3.91. The fourth-order valence-corrected chi connectivity index (χ4v) is 3.78. The molecule has 3 aromatic heterocycles. The minimum atomic E-state index is -0.0996. The van der Waals surface area contributed by atoms with Gasteiger partial charge in [0.05, 0.1) is 22.3 Å². The number of fused-ring (bicyclic) bond motifs is 3. The fraction of sp³-hybridized carbons (Fsp3) is 0.118. The molecular weight excluding hydrogens is 319 g/mol. The van der Waals surface area contributed by atoms with Gasteiger partial charge in [-0.1, -0.05) is 17.6 Å². The highest BCUT2D eigenvalue weighted by Gasteiger charge is 2.16. The van der Waals surface area contributed by atoms with Crippen LogP contribution in [0.15, 0.2) is 47.7 Å². The maximum Gasteiger partial charge on any atom is 0.275 e. The van der Waals surface area contributed by atoms with E-state index in [0.29, 0.717) is 15.7 Å². The van der Waals surface area contributed by atoms with Gasteiger partial charge in [0, 0.05) is 20.3 Å². The third kappa shape index (κ3) is 2.20. The molecule has 2 radical (unpaired) electrons. The maximum absolute atomic E-state index is 12.9. The van der Waals surface area contributed by atoms with Gasteiger partial charge in [0.15, 0.2) is 0 Å². The molecule has 0 aliphatic carbocycles. The van der Waals surface area contributed by atoms with E-state index in [1.807, 2.05) is 25.1 Å². The van der Waals surface area contributed by atoms with Gasteiger partial charge in [-0.15, -0.1) is 11.3 Å². The van der Waals surface area contributed by atoms with Crippen LogP contribution in [-0.2, 0) is 0 Å². The molecule has 1 aromatic carbocycles. The molecule has 0 aliphatic heterocycles. The van der Waals surface area contributed by atoms with Crippen molar-refractivity contribution in [2.24, 2.45) is 0 Å². The van der Waals surface area contributed by atoms with Gasteiger partial charge < -0.3 is 4.90 Å². The van der Waals surface area contributed by atoms with E-state index in [1.165, 1.54) is 15.9 Å². The second kappa shape index (κ2) is 5.45. The monoisotopic (exact) mass is 332 g/mol. The van der Waals surface area contributed by atoms with Gasteiger partial charge in [-0.2, -0.15) is 0 Å². The Morgan fingerprint density at radius 3 is 2.58 bits per heavy atom. The van der Waals surface area contributed by atoms with Crippen LogP contribution in [0.1, 0.15) is 0 Å². The molecule has 7 heteroatoms. The predicted octanol–water partition coefficient (Wildman–Crippen LogP) is 1.86. The number of hydrogen-bond donors (Lipinski definition) is 0. The van der Waals surface area contributed by atoms with E-state index in [-0.39, 0.29) is 5.56 Å². The van der Waals surface area contributed by atoms with Gasteiger partial charge in [0.25, 0.3) is 5.56 Å². The quantitative estimate of drug-likeness (QED) is 0.526. The van der Waals surface area contributed by atoms with Gasteiger partial charge in [-0.3, -0.25) is 9.36 Å². The first-order valence-corrected chi connectivity index (χ1v) is 8.20. The summed E-state index contributed by atoms with van der Waals surface area (Å²) < 4.78 is 2.14. The van der Waals surface area contributed by atoms with Gasteiger partial charge in [-0.05, 0) is 18.2 Å². The molecule has 0 saturated heterocycles. The Bertz CT molecular complexity index is 1120. The Kier molecular flexibility index (Phi) is 3.39. The number of anilines is 1. The van der Waals surface area contributed by atoms with E-state index in [1.54, 1.807) is 36.8 Å². The molecule has 0 N–H and O–H groups in total. The van der Waals surface area contributed by atoms with Crippen molar-refractivity contribution in [2.45, 2.75) is 0 Å². The summed E-state index contributed by atoms with van der Waals surface area (Å²) in [7, 11) is 9.65. The third-order valence-corrected chi connectivity index (χ3v) is 4.99. The Morgan fingerprint density at radius 1 is 1.12 bits per heavy atom. The lowest BCUT2D eigenvalue weighted by Crippen LogP contribution is -2.18. The second-order valence-electron chi connectivity index (χ2n) is 5.70. The molecule has 0 unspecified atom stereocenters. The lowest BCUT2D eigenvalue weighted by atomic mass is 9.96. The molecule has 0 fully saturated rings. The number of benzene rings is 1. The predicted molar refractivity (Wildman–Crippen MR) is 100 cm³/mol. The van der Waals surface area contributed by atoms with Crippen molar-refractivity contribution in [3.8, 4) is 5.69 Å². The molecule has 0 amide bonds. The van der Waals surface area contributed by atoms with E-state index in [2.05, 4.69) is 9.97 Å². The van der Waals surface area contributed by atoms with Crippen molar-refractivity contribution >= 4 is 50.8 Å². The molecule has 0 atom stereocenters. The smallest absolute Gasteiger partial charge is 0.275 e. The highest BCUT2D eigenvalue weighted by molar-refractivity contribution is 7.25. The Labute approximate surface area is 143 Å². The summed E-state index contributed by atoms with van der Waals surface area (Å²) in [6, 6.07) is 9.08. The number of nitrogens with zero attached hydrogens (tertiary/aromatic N) is 4. The zero-order chi connectivity index (χ0) is 16.8. The van der Waals surface area contributed by atoms with Crippen LogP contribution < -0.4 is 15.9 Å². The lowest BCUT2D eigenvalue weighted by Gasteiger charge is -2.13. The highest BCUT2D eigenvalue weighted by atomic mass is 32.1. The molecule has 5 nitrogen and oxygen atoms in total. The average Bonchev–Trinajstić information content (AvgIpc) is 2.96. The summed E-state index contributed by atoms with van der Waals surface area (Å²) in [5, 5.41) is 0.920. The van der Waals surface area contributed by atoms with Crippen LogP contribution in [0.2, 0.25) is 0 Å². The summed E-state index contributed by atoms with van der Waals surface area (Å²) in [6.45, 7) is 0. The highest BCUT2D eigenvalue weighted by Crippen LogP contribution is 2.35. The Morgan fingerprint density at radius 2 is 1.88 bits per heavy atom. The van der Waals surface area contributed by atoms with Crippen molar-refractivity contribution in [1.29, 1.82) is 0 Å². The first-order valence-electron chi connectivity index (χ1n) is 7.38. The van der Waals surface area contributed by atoms with E-state index >= 15 is 0 Å². The van der Waals surface area contributed by atoms with Crippen molar-refractivity contribution in [2.75, 3.05) is 19.0 Å². The van der Waals surface area contributed by atoms with E-state index in [9.17, 15) is 4.79 Å². The van der Waals surface area contributed by atoms with Crippen LogP contribution in [0.3, 0.4) is 0 Å². The topological polar surface area (TPSA) is 51.0 Å². The normalized spacial score (nSPS) is 11.2. The van der Waals surface area contributed by atoms with Gasteiger partial charge in [-0.25, -0.2) is 9.97 Å². The fourth-order valence-electron chi connectivity index (χ4n) is 2.73. The van der Waals surface area contributed by atoms with Crippen molar-refractivity contribution < 1.29 is 0 Å². The summed E-state index contributed by atoms with van der Waals surface area (Å²) in [4.78, 5) is 24.7. The molecular formula is C17H13BN4OS. The Balaban J connectivity index is 2.04. The van der Waals surface area contributed by atoms with Gasteiger partial charge >= 0.3 is 0 Å². The molecule has 0 spiro atoms. The number of thiophene rings is 1.